The van der Waals surface area contributed by atoms with Crippen molar-refractivity contribution in [2.45, 2.75) is 42.1 Å². The van der Waals surface area contributed by atoms with Crippen molar-refractivity contribution >= 4 is 23.5 Å². The number of carbonyl (C=O) groups is 1. The number of benzene rings is 1. The SMILES string of the molecule is Cn1ccnc1SC1CCC(NC(=O)Nc2ccc3c(c2)OCO3)CC1. The Morgan fingerprint density at radius 3 is 2.81 bits per heavy atom. The number of nitrogens with one attached hydrogen (secondary N) is 2. The number of carbonyl (C=O) groups excluding carboxylic acids is 1. The Labute approximate surface area is 156 Å². The van der Waals surface area contributed by atoms with Crippen LogP contribution in [0.15, 0.2) is 35.7 Å². The van der Waals surface area contributed by atoms with Gasteiger partial charge in [0.2, 0.25) is 6.79 Å². The standard InChI is InChI=1S/C18H22N4O3S/c1-22-9-8-19-18(22)26-14-5-2-12(3-6-14)20-17(23)21-13-4-7-15-16(10-13)25-11-24-15/h4,7-10,12,14H,2-3,5-6,11H2,1H3,(H2,20,21,23). The highest BCUT2D eigenvalue weighted by Crippen LogP contribution is 2.34. The van der Waals surface area contributed by atoms with E-state index in [2.05, 4.69) is 15.6 Å². The number of urea groups is 1. The summed E-state index contributed by atoms with van der Waals surface area (Å²) in [6, 6.07) is 5.43. The number of hydrogen-bond acceptors (Lipinski definition) is 5. The highest BCUT2D eigenvalue weighted by Gasteiger charge is 2.24. The molecule has 4 rings (SSSR count). The molecule has 7 nitrogen and oxygen atoms in total. The van der Waals surface area contributed by atoms with Crippen LogP contribution in [0.5, 0.6) is 11.5 Å². The second kappa shape index (κ2) is 7.49. The number of fused-ring (bicyclic) bond motifs is 1. The first kappa shape index (κ1) is 17.1. The van der Waals surface area contributed by atoms with Gasteiger partial charge in [0.25, 0.3) is 0 Å². The molecule has 2 aliphatic rings. The van der Waals surface area contributed by atoms with E-state index in [1.54, 1.807) is 12.1 Å². The number of rotatable bonds is 4. The molecule has 1 aromatic heterocycles. The second-order valence-corrected chi connectivity index (χ2v) is 7.85. The quantitative estimate of drug-likeness (QED) is 0.858. The van der Waals surface area contributed by atoms with Gasteiger partial charge in [-0.25, -0.2) is 9.78 Å². The van der Waals surface area contributed by atoms with Crippen LogP contribution in [-0.4, -0.2) is 33.7 Å². The lowest BCUT2D eigenvalue weighted by Gasteiger charge is -2.28. The molecule has 0 unspecified atom stereocenters. The molecular weight excluding hydrogens is 352 g/mol. The Morgan fingerprint density at radius 1 is 1.23 bits per heavy atom. The first-order valence-corrected chi connectivity index (χ1v) is 9.66. The average molecular weight is 374 g/mol. The maximum atomic E-state index is 12.3. The number of aromatic nitrogens is 2. The fourth-order valence-corrected chi connectivity index (χ4v) is 4.42. The van der Waals surface area contributed by atoms with Crippen LogP contribution in [0, 0.1) is 0 Å². The van der Waals surface area contributed by atoms with Crippen molar-refractivity contribution in [3.05, 3.63) is 30.6 Å². The molecule has 1 aromatic carbocycles. The van der Waals surface area contributed by atoms with E-state index in [4.69, 9.17) is 9.47 Å². The number of anilines is 1. The Hall–Kier alpha value is -2.35. The second-order valence-electron chi connectivity index (χ2n) is 6.58. The number of thioether (sulfide) groups is 1. The molecule has 2 aromatic rings. The molecule has 2 heterocycles. The molecule has 0 bridgehead atoms. The number of aryl methyl sites for hydroxylation is 1. The van der Waals surface area contributed by atoms with Crippen LogP contribution in [0.3, 0.4) is 0 Å². The molecule has 26 heavy (non-hydrogen) atoms. The lowest BCUT2D eigenvalue weighted by atomic mass is 9.95. The Kier molecular flexibility index (Phi) is 4.92. The monoisotopic (exact) mass is 374 g/mol. The zero-order chi connectivity index (χ0) is 17.9. The number of hydrogen-bond donors (Lipinski definition) is 2. The van der Waals surface area contributed by atoms with E-state index >= 15 is 0 Å². The van der Waals surface area contributed by atoms with Gasteiger partial charge in [-0.2, -0.15) is 0 Å². The summed E-state index contributed by atoms with van der Waals surface area (Å²) < 4.78 is 12.7. The van der Waals surface area contributed by atoms with Gasteiger partial charge in [0.1, 0.15) is 0 Å². The fraction of sp³-hybridized carbons (Fsp3) is 0.444. The number of ether oxygens (including phenoxy) is 2. The summed E-state index contributed by atoms with van der Waals surface area (Å²) in [5, 5.41) is 7.56. The van der Waals surface area contributed by atoms with Crippen molar-refractivity contribution in [3.63, 3.8) is 0 Å². The summed E-state index contributed by atoms with van der Waals surface area (Å²) in [6.45, 7) is 0.227. The number of amides is 2. The molecule has 2 N–H and O–H groups in total. The number of nitrogens with zero attached hydrogens (tertiary/aromatic N) is 2. The smallest absolute Gasteiger partial charge is 0.319 e. The van der Waals surface area contributed by atoms with Crippen LogP contribution >= 0.6 is 11.8 Å². The summed E-state index contributed by atoms with van der Waals surface area (Å²) in [5.74, 6) is 1.37. The van der Waals surface area contributed by atoms with Crippen molar-refractivity contribution in [3.8, 4) is 11.5 Å². The van der Waals surface area contributed by atoms with Gasteiger partial charge in [-0.3, -0.25) is 0 Å². The summed E-state index contributed by atoms with van der Waals surface area (Å²) >= 11 is 1.83. The molecule has 0 saturated heterocycles. The molecule has 0 atom stereocenters. The molecular formula is C18H22N4O3S. The average Bonchev–Trinajstić information content (AvgIpc) is 3.25. The minimum Gasteiger partial charge on any atom is -0.454 e. The highest BCUT2D eigenvalue weighted by molar-refractivity contribution is 7.99. The van der Waals surface area contributed by atoms with E-state index in [1.807, 2.05) is 41.8 Å². The van der Waals surface area contributed by atoms with E-state index < -0.39 is 0 Å². The Bertz CT molecular complexity index is 786. The first-order valence-electron chi connectivity index (χ1n) is 8.78. The molecule has 0 radical (unpaired) electrons. The molecule has 1 aliphatic heterocycles. The summed E-state index contributed by atoms with van der Waals surface area (Å²) in [5.41, 5.74) is 0.700. The van der Waals surface area contributed by atoms with Gasteiger partial charge in [0, 0.05) is 42.5 Å². The predicted molar refractivity (Wildman–Crippen MR) is 99.8 cm³/mol. The molecule has 1 fully saturated rings. The van der Waals surface area contributed by atoms with Crippen LogP contribution in [-0.2, 0) is 7.05 Å². The Morgan fingerprint density at radius 2 is 2.04 bits per heavy atom. The maximum absolute atomic E-state index is 12.3. The zero-order valence-electron chi connectivity index (χ0n) is 14.6. The Balaban J connectivity index is 1.24. The highest BCUT2D eigenvalue weighted by atomic mass is 32.2. The van der Waals surface area contributed by atoms with Crippen LogP contribution < -0.4 is 20.1 Å². The third kappa shape index (κ3) is 3.90. The molecule has 138 valence electrons. The van der Waals surface area contributed by atoms with Crippen LogP contribution in [0.4, 0.5) is 10.5 Å². The molecule has 1 aliphatic carbocycles. The van der Waals surface area contributed by atoms with E-state index in [1.165, 1.54) is 0 Å². The van der Waals surface area contributed by atoms with Gasteiger partial charge >= 0.3 is 6.03 Å². The topological polar surface area (TPSA) is 77.4 Å². The van der Waals surface area contributed by atoms with Crippen molar-refractivity contribution in [1.29, 1.82) is 0 Å². The predicted octanol–water partition coefficient (Wildman–Crippen LogP) is 3.37. The number of imidazole rings is 1. The van der Waals surface area contributed by atoms with E-state index in [0.29, 0.717) is 22.4 Å². The van der Waals surface area contributed by atoms with E-state index in [9.17, 15) is 4.79 Å². The maximum Gasteiger partial charge on any atom is 0.319 e. The van der Waals surface area contributed by atoms with Gasteiger partial charge in [0.05, 0.1) is 0 Å². The van der Waals surface area contributed by atoms with Crippen LogP contribution in [0.2, 0.25) is 0 Å². The molecule has 2 amide bonds. The van der Waals surface area contributed by atoms with Crippen molar-refractivity contribution in [2.75, 3.05) is 12.1 Å². The summed E-state index contributed by atoms with van der Waals surface area (Å²) in [7, 11) is 2.02. The van der Waals surface area contributed by atoms with Gasteiger partial charge < -0.3 is 24.7 Å². The molecule has 8 heteroatoms. The minimum absolute atomic E-state index is 0.177. The normalized spacial score (nSPS) is 21.4. The largest absolute Gasteiger partial charge is 0.454 e. The van der Waals surface area contributed by atoms with Crippen molar-refractivity contribution in [1.82, 2.24) is 14.9 Å². The summed E-state index contributed by atoms with van der Waals surface area (Å²) in [6.07, 6.45) is 7.91. The molecule has 0 spiro atoms. The lowest BCUT2D eigenvalue weighted by Crippen LogP contribution is -2.40. The van der Waals surface area contributed by atoms with Gasteiger partial charge in [-0.1, -0.05) is 11.8 Å². The van der Waals surface area contributed by atoms with Crippen LogP contribution in [0.1, 0.15) is 25.7 Å². The van der Waals surface area contributed by atoms with Gasteiger partial charge in [-0.05, 0) is 37.8 Å². The van der Waals surface area contributed by atoms with E-state index in [0.717, 1.165) is 30.8 Å². The van der Waals surface area contributed by atoms with Gasteiger partial charge in [0.15, 0.2) is 16.7 Å². The fourth-order valence-electron chi connectivity index (χ4n) is 3.27. The van der Waals surface area contributed by atoms with Gasteiger partial charge in [-0.15, -0.1) is 0 Å². The first-order chi connectivity index (χ1) is 12.7. The molecule has 1 saturated carbocycles. The van der Waals surface area contributed by atoms with Crippen molar-refractivity contribution < 1.29 is 14.3 Å². The third-order valence-electron chi connectivity index (χ3n) is 4.69. The lowest BCUT2D eigenvalue weighted by molar-refractivity contribution is 0.174. The zero-order valence-corrected chi connectivity index (χ0v) is 15.4. The van der Waals surface area contributed by atoms with Crippen molar-refractivity contribution in [2.24, 2.45) is 7.05 Å². The van der Waals surface area contributed by atoms with Crippen LogP contribution in [0.25, 0.3) is 0 Å². The van der Waals surface area contributed by atoms with E-state index in [-0.39, 0.29) is 18.9 Å². The summed E-state index contributed by atoms with van der Waals surface area (Å²) in [4.78, 5) is 16.6. The minimum atomic E-state index is -0.177. The third-order valence-corrected chi connectivity index (χ3v) is 6.10.